The number of rotatable bonds is 3. The molecule has 0 heterocycles. The van der Waals surface area contributed by atoms with Crippen LogP contribution in [0.2, 0.25) is 0 Å². The van der Waals surface area contributed by atoms with Crippen LogP contribution in [-0.4, -0.2) is 5.78 Å². The zero-order chi connectivity index (χ0) is 12.3. The highest BCUT2D eigenvalue weighted by molar-refractivity contribution is 9.10. The molecule has 0 amide bonds. The molecule has 3 heteroatoms. The standard InChI is InChI=1S/C14H16BrFO/c15-12-8-10(6-7-13(12)16)9-14(17)11-4-2-1-3-5-11/h6-8,11H,1-5,9H2. The zero-order valence-corrected chi connectivity index (χ0v) is 11.3. The molecule has 0 bridgehead atoms. The van der Waals surface area contributed by atoms with E-state index >= 15 is 0 Å². The second kappa shape index (κ2) is 5.76. The van der Waals surface area contributed by atoms with Gasteiger partial charge < -0.3 is 0 Å². The van der Waals surface area contributed by atoms with E-state index in [9.17, 15) is 9.18 Å². The first-order chi connectivity index (χ1) is 8.16. The van der Waals surface area contributed by atoms with E-state index in [-0.39, 0.29) is 11.7 Å². The Balaban J connectivity index is 1.99. The number of Topliss-reactive ketones (excluding diaryl/α,β-unsaturated/α-hetero) is 1. The van der Waals surface area contributed by atoms with Gasteiger partial charge >= 0.3 is 0 Å². The molecule has 0 aliphatic heterocycles. The first-order valence-electron chi connectivity index (χ1n) is 6.13. The van der Waals surface area contributed by atoms with Gasteiger partial charge in [0.1, 0.15) is 11.6 Å². The number of ketones is 1. The average Bonchev–Trinajstić information content (AvgIpc) is 2.35. The van der Waals surface area contributed by atoms with Crippen molar-refractivity contribution in [3.63, 3.8) is 0 Å². The molecule has 0 radical (unpaired) electrons. The van der Waals surface area contributed by atoms with Crippen LogP contribution in [0.25, 0.3) is 0 Å². The minimum absolute atomic E-state index is 0.229. The van der Waals surface area contributed by atoms with Crippen LogP contribution < -0.4 is 0 Å². The molecule has 0 saturated heterocycles. The molecule has 1 aromatic carbocycles. The largest absolute Gasteiger partial charge is 0.299 e. The number of carbonyl (C=O) groups is 1. The first-order valence-corrected chi connectivity index (χ1v) is 6.93. The van der Waals surface area contributed by atoms with E-state index in [0.29, 0.717) is 16.7 Å². The van der Waals surface area contributed by atoms with Gasteiger partial charge in [0.2, 0.25) is 0 Å². The smallest absolute Gasteiger partial charge is 0.140 e. The van der Waals surface area contributed by atoms with Crippen LogP contribution in [0.1, 0.15) is 37.7 Å². The molecule has 92 valence electrons. The van der Waals surface area contributed by atoms with E-state index in [1.807, 2.05) is 0 Å². The second-order valence-corrected chi connectivity index (χ2v) is 5.58. The van der Waals surface area contributed by atoms with Gasteiger partial charge in [-0.05, 0) is 46.5 Å². The fourth-order valence-electron chi connectivity index (χ4n) is 2.42. The molecule has 0 unspecified atom stereocenters. The Hall–Kier alpha value is -0.700. The van der Waals surface area contributed by atoms with Crippen molar-refractivity contribution in [2.45, 2.75) is 38.5 Å². The fourth-order valence-corrected chi connectivity index (χ4v) is 2.85. The van der Waals surface area contributed by atoms with Gasteiger partial charge in [-0.2, -0.15) is 0 Å². The molecular formula is C14H16BrFO. The van der Waals surface area contributed by atoms with Gasteiger partial charge in [0.05, 0.1) is 4.47 Å². The third-order valence-electron chi connectivity index (χ3n) is 3.42. The van der Waals surface area contributed by atoms with Gasteiger partial charge in [-0.25, -0.2) is 4.39 Å². The van der Waals surface area contributed by atoms with Crippen molar-refractivity contribution in [2.75, 3.05) is 0 Å². The molecule has 0 spiro atoms. The SMILES string of the molecule is O=C(Cc1ccc(F)c(Br)c1)C1CCCCC1. The zero-order valence-electron chi connectivity index (χ0n) is 9.72. The summed E-state index contributed by atoms with van der Waals surface area (Å²) >= 11 is 3.15. The molecule has 1 fully saturated rings. The third kappa shape index (κ3) is 3.38. The predicted octanol–water partition coefficient (Wildman–Crippen LogP) is 4.28. The molecule has 17 heavy (non-hydrogen) atoms. The maximum Gasteiger partial charge on any atom is 0.140 e. The molecule has 1 aliphatic rings. The number of halogens is 2. The lowest BCUT2D eigenvalue weighted by Crippen LogP contribution is -2.19. The minimum atomic E-state index is -0.279. The Morgan fingerprint density at radius 1 is 1.29 bits per heavy atom. The van der Waals surface area contributed by atoms with Crippen LogP contribution in [0, 0.1) is 11.7 Å². The minimum Gasteiger partial charge on any atom is -0.299 e. The summed E-state index contributed by atoms with van der Waals surface area (Å²) < 4.78 is 13.5. The third-order valence-corrected chi connectivity index (χ3v) is 4.03. The monoisotopic (exact) mass is 298 g/mol. The summed E-state index contributed by atoms with van der Waals surface area (Å²) in [4.78, 5) is 12.1. The number of hydrogen-bond acceptors (Lipinski definition) is 1. The van der Waals surface area contributed by atoms with Crippen LogP contribution in [-0.2, 0) is 11.2 Å². The summed E-state index contributed by atoms with van der Waals surface area (Å²) in [5, 5.41) is 0. The van der Waals surface area contributed by atoms with Crippen LogP contribution >= 0.6 is 15.9 Å². The normalized spacial score (nSPS) is 17.1. The van der Waals surface area contributed by atoms with E-state index in [1.165, 1.54) is 25.3 Å². The maximum absolute atomic E-state index is 13.1. The molecule has 1 nitrogen and oxygen atoms in total. The van der Waals surface area contributed by atoms with E-state index in [1.54, 1.807) is 12.1 Å². The molecule has 1 saturated carbocycles. The molecule has 1 aromatic rings. The highest BCUT2D eigenvalue weighted by Crippen LogP contribution is 2.26. The Morgan fingerprint density at radius 2 is 2.00 bits per heavy atom. The van der Waals surface area contributed by atoms with Crippen molar-refractivity contribution in [3.05, 3.63) is 34.1 Å². The van der Waals surface area contributed by atoms with Gasteiger partial charge in [0.25, 0.3) is 0 Å². The van der Waals surface area contributed by atoms with Crippen molar-refractivity contribution < 1.29 is 9.18 Å². The van der Waals surface area contributed by atoms with E-state index in [0.717, 1.165) is 18.4 Å². The lowest BCUT2D eigenvalue weighted by molar-refractivity contribution is -0.123. The van der Waals surface area contributed by atoms with Gasteiger partial charge in [-0.1, -0.05) is 25.3 Å². The summed E-state index contributed by atoms with van der Waals surface area (Å²) in [5.74, 6) is 0.259. The van der Waals surface area contributed by atoms with Crippen LogP contribution in [0.3, 0.4) is 0 Å². The summed E-state index contributed by atoms with van der Waals surface area (Å²) in [6, 6.07) is 4.81. The number of benzene rings is 1. The molecular weight excluding hydrogens is 283 g/mol. The highest BCUT2D eigenvalue weighted by Gasteiger charge is 2.21. The van der Waals surface area contributed by atoms with Gasteiger partial charge in [-0.3, -0.25) is 4.79 Å². The molecule has 2 rings (SSSR count). The lowest BCUT2D eigenvalue weighted by Gasteiger charge is -2.20. The average molecular weight is 299 g/mol. The van der Waals surface area contributed by atoms with Crippen LogP contribution in [0.4, 0.5) is 4.39 Å². The van der Waals surface area contributed by atoms with Crippen LogP contribution in [0.15, 0.2) is 22.7 Å². The van der Waals surface area contributed by atoms with Crippen molar-refractivity contribution >= 4 is 21.7 Å². The predicted molar refractivity (Wildman–Crippen MR) is 69.4 cm³/mol. The van der Waals surface area contributed by atoms with E-state index < -0.39 is 0 Å². The second-order valence-electron chi connectivity index (χ2n) is 4.73. The van der Waals surface area contributed by atoms with Crippen molar-refractivity contribution in [1.29, 1.82) is 0 Å². The van der Waals surface area contributed by atoms with E-state index in [4.69, 9.17) is 0 Å². The number of carbonyl (C=O) groups excluding carboxylic acids is 1. The molecule has 1 aliphatic carbocycles. The summed E-state index contributed by atoms with van der Waals surface area (Å²) in [6.07, 6.45) is 6.09. The Bertz CT molecular complexity index is 411. The summed E-state index contributed by atoms with van der Waals surface area (Å²) in [6.45, 7) is 0. The van der Waals surface area contributed by atoms with Crippen molar-refractivity contribution in [2.24, 2.45) is 5.92 Å². The Labute approximate surface area is 110 Å². The quantitative estimate of drug-likeness (QED) is 0.814. The first kappa shape index (κ1) is 12.7. The lowest BCUT2D eigenvalue weighted by atomic mass is 9.84. The van der Waals surface area contributed by atoms with E-state index in [2.05, 4.69) is 15.9 Å². The van der Waals surface area contributed by atoms with Crippen LogP contribution in [0.5, 0.6) is 0 Å². The Morgan fingerprint density at radius 3 is 2.65 bits per heavy atom. The van der Waals surface area contributed by atoms with Gasteiger partial charge in [0, 0.05) is 12.3 Å². The maximum atomic E-state index is 13.1. The van der Waals surface area contributed by atoms with Crippen molar-refractivity contribution in [1.82, 2.24) is 0 Å². The topological polar surface area (TPSA) is 17.1 Å². The number of hydrogen-bond donors (Lipinski definition) is 0. The van der Waals surface area contributed by atoms with Gasteiger partial charge in [-0.15, -0.1) is 0 Å². The summed E-state index contributed by atoms with van der Waals surface area (Å²) in [7, 11) is 0. The molecule has 0 atom stereocenters. The highest BCUT2D eigenvalue weighted by atomic mass is 79.9. The van der Waals surface area contributed by atoms with Crippen molar-refractivity contribution in [3.8, 4) is 0 Å². The van der Waals surface area contributed by atoms with Gasteiger partial charge in [0.15, 0.2) is 0 Å². The molecule has 0 aromatic heterocycles. The Kier molecular flexibility index (Phi) is 4.32. The summed E-state index contributed by atoms with van der Waals surface area (Å²) in [5.41, 5.74) is 0.897. The molecule has 0 N–H and O–H groups in total. The fraction of sp³-hybridized carbons (Fsp3) is 0.500.